The molecule has 1 unspecified atom stereocenters. The lowest BCUT2D eigenvalue weighted by atomic mass is 10.0. The molecule has 1 N–H and O–H groups in total. The Balaban J connectivity index is 1.78. The van der Waals surface area contributed by atoms with E-state index in [1.54, 1.807) is 36.4 Å². The van der Waals surface area contributed by atoms with Crippen molar-refractivity contribution >= 4 is 27.5 Å². The molecule has 0 bridgehead atoms. The van der Waals surface area contributed by atoms with Crippen LogP contribution in [0.3, 0.4) is 0 Å². The van der Waals surface area contributed by atoms with Gasteiger partial charge in [-0.3, -0.25) is 13.9 Å². The third-order valence-electron chi connectivity index (χ3n) is 7.00. The van der Waals surface area contributed by atoms with Gasteiger partial charge in [0, 0.05) is 19.5 Å². The first-order valence-corrected chi connectivity index (χ1v) is 15.4. The van der Waals surface area contributed by atoms with Gasteiger partial charge in [-0.1, -0.05) is 90.5 Å². The maximum absolute atomic E-state index is 14.3. The second-order valence-corrected chi connectivity index (χ2v) is 12.1. The van der Waals surface area contributed by atoms with Crippen LogP contribution in [0.2, 0.25) is 0 Å². The molecule has 4 rings (SSSR count). The van der Waals surface area contributed by atoms with Crippen LogP contribution in [-0.4, -0.2) is 44.3 Å². The van der Waals surface area contributed by atoms with Crippen LogP contribution < -0.4 is 9.62 Å². The molecule has 0 aliphatic carbocycles. The van der Waals surface area contributed by atoms with Gasteiger partial charge in [-0.2, -0.15) is 0 Å². The zero-order valence-electron chi connectivity index (χ0n) is 24.2. The zero-order valence-corrected chi connectivity index (χ0v) is 25.1. The fraction of sp³-hybridized carbons (Fsp3) is 0.235. The summed E-state index contributed by atoms with van der Waals surface area (Å²) in [7, 11) is -4.11. The van der Waals surface area contributed by atoms with Gasteiger partial charge in [-0.05, 0) is 61.7 Å². The molecule has 0 aliphatic rings. The van der Waals surface area contributed by atoms with Gasteiger partial charge < -0.3 is 10.2 Å². The first-order chi connectivity index (χ1) is 20.2. The number of nitrogens with one attached hydrogen (secondary N) is 1. The summed E-state index contributed by atoms with van der Waals surface area (Å²) in [6, 6.07) is 31.5. The molecule has 0 spiro atoms. The SMILES string of the molecule is CCNC(=O)C(Cc1ccccc1)N(Cc1ccc(C)cc1)C(=O)CN(c1cccc(C)c1)S(=O)(=O)c1ccccc1. The van der Waals surface area contributed by atoms with E-state index in [1.807, 2.05) is 81.4 Å². The summed E-state index contributed by atoms with van der Waals surface area (Å²) in [5.74, 6) is -0.779. The van der Waals surface area contributed by atoms with Gasteiger partial charge in [0.05, 0.1) is 10.6 Å². The maximum atomic E-state index is 14.3. The van der Waals surface area contributed by atoms with Crippen molar-refractivity contribution in [3.05, 3.63) is 131 Å². The van der Waals surface area contributed by atoms with Gasteiger partial charge >= 0.3 is 0 Å². The number of rotatable bonds is 12. The number of hydrogen-bond acceptors (Lipinski definition) is 4. The van der Waals surface area contributed by atoms with Crippen molar-refractivity contribution in [2.75, 3.05) is 17.4 Å². The second kappa shape index (κ2) is 14.0. The monoisotopic (exact) mass is 583 g/mol. The molecule has 2 amide bonds. The fourth-order valence-electron chi connectivity index (χ4n) is 4.77. The smallest absolute Gasteiger partial charge is 0.264 e. The van der Waals surface area contributed by atoms with Crippen LogP contribution in [-0.2, 0) is 32.6 Å². The standard InChI is InChI=1S/C34H37N3O4S/c1-4-35-34(39)32(23-28-13-7-5-8-14-28)36(24-29-20-18-26(2)19-21-29)33(38)25-37(30-15-11-12-27(3)22-30)42(40,41)31-16-9-6-10-17-31/h5-22,32H,4,23-25H2,1-3H3,(H,35,39). The molecule has 0 saturated carbocycles. The van der Waals surface area contributed by atoms with Crippen LogP contribution in [0, 0.1) is 13.8 Å². The third kappa shape index (κ3) is 7.64. The molecule has 42 heavy (non-hydrogen) atoms. The van der Waals surface area contributed by atoms with Gasteiger partial charge in [-0.25, -0.2) is 8.42 Å². The van der Waals surface area contributed by atoms with Gasteiger partial charge in [0.25, 0.3) is 10.0 Å². The summed E-state index contributed by atoms with van der Waals surface area (Å²) in [5.41, 5.74) is 4.03. The molecule has 0 saturated heterocycles. The van der Waals surface area contributed by atoms with E-state index in [-0.39, 0.29) is 23.8 Å². The van der Waals surface area contributed by atoms with Crippen molar-refractivity contribution < 1.29 is 18.0 Å². The average molecular weight is 584 g/mol. The second-order valence-electron chi connectivity index (χ2n) is 10.3. The molecule has 0 aliphatic heterocycles. The van der Waals surface area contributed by atoms with Crippen molar-refractivity contribution in [2.24, 2.45) is 0 Å². The Morgan fingerprint density at radius 1 is 0.762 bits per heavy atom. The molecule has 8 heteroatoms. The summed E-state index contributed by atoms with van der Waals surface area (Å²) in [6.45, 7) is 5.74. The molecule has 218 valence electrons. The number of sulfonamides is 1. The molecule has 0 fully saturated rings. The number of anilines is 1. The normalized spacial score (nSPS) is 11.9. The lowest BCUT2D eigenvalue weighted by molar-refractivity contribution is -0.140. The Hall–Kier alpha value is -4.43. The molecular weight excluding hydrogens is 546 g/mol. The summed E-state index contributed by atoms with van der Waals surface area (Å²) in [4.78, 5) is 29.4. The predicted molar refractivity (Wildman–Crippen MR) is 166 cm³/mol. The lowest BCUT2D eigenvalue weighted by Crippen LogP contribution is -2.53. The van der Waals surface area contributed by atoms with Crippen molar-refractivity contribution in [3.63, 3.8) is 0 Å². The Kier molecular flexibility index (Phi) is 10.1. The van der Waals surface area contributed by atoms with E-state index < -0.39 is 28.5 Å². The minimum absolute atomic E-state index is 0.0777. The molecular formula is C34H37N3O4S. The average Bonchev–Trinajstić information content (AvgIpc) is 2.99. The summed E-state index contributed by atoms with van der Waals surface area (Å²) in [6.07, 6.45) is 0.278. The molecule has 0 heterocycles. The van der Waals surface area contributed by atoms with Crippen LogP contribution in [0.4, 0.5) is 5.69 Å². The number of amides is 2. The minimum Gasteiger partial charge on any atom is -0.355 e. The van der Waals surface area contributed by atoms with Crippen LogP contribution in [0.1, 0.15) is 29.2 Å². The number of aryl methyl sites for hydroxylation is 2. The Morgan fingerprint density at radius 3 is 2.02 bits per heavy atom. The fourth-order valence-corrected chi connectivity index (χ4v) is 6.19. The highest BCUT2D eigenvalue weighted by atomic mass is 32.2. The van der Waals surface area contributed by atoms with Gasteiger partial charge in [0.15, 0.2) is 0 Å². The number of carbonyl (C=O) groups excluding carboxylic acids is 2. The van der Waals surface area contributed by atoms with Crippen molar-refractivity contribution in [2.45, 2.75) is 44.7 Å². The first kappa shape index (κ1) is 30.5. The van der Waals surface area contributed by atoms with E-state index in [1.165, 1.54) is 17.0 Å². The quantitative estimate of drug-likeness (QED) is 0.246. The molecule has 0 radical (unpaired) electrons. The van der Waals surface area contributed by atoms with Crippen molar-refractivity contribution in [3.8, 4) is 0 Å². The Bertz CT molecular complexity index is 1590. The minimum atomic E-state index is -4.11. The number of carbonyl (C=O) groups is 2. The molecule has 4 aromatic carbocycles. The van der Waals surface area contributed by atoms with Crippen LogP contribution in [0.15, 0.2) is 114 Å². The van der Waals surface area contributed by atoms with Crippen molar-refractivity contribution in [1.82, 2.24) is 10.2 Å². The lowest BCUT2D eigenvalue weighted by Gasteiger charge is -2.34. The summed E-state index contributed by atoms with van der Waals surface area (Å²) >= 11 is 0. The zero-order chi connectivity index (χ0) is 30.1. The highest BCUT2D eigenvalue weighted by Crippen LogP contribution is 2.26. The topological polar surface area (TPSA) is 86.8 Å². The molecule has 7 nitrogen and oxygen atoms in total. The van der Waals surface area contributed by atoms with E-state index in [0.717, 1.165) is 26.6 Å². The highest BCUT2D eigenvalue weighted by Gasteiger charge is 2.34. The summed E-state index contributed by atoms with van der Waals surface area (Å²) in [5, 5.41) is 2.88. The Morgan fingerprint density at radius 2 is 1.40 bits per heavy atom. The van der Waals surface area contributed by atoms with E-state index in [9.17, 15) is 18.0 Å². The van der Waals surface area contributed by atoms with Gasteiger partial charge in [0.1, 0.15) is 12.6 Å². The van der Waals surface area contributed by atoms with Gasteiger partial charge in [0.2, 0.25) is 11.8 Å². The van der Waals surface area contributed by atoms with Crippen LogP contribution >= 0.6 is 0 Å². The van der Waals surface area contributed by atoms with Gasteiger partial charge in [-0.15, -0.1) is 0 Å². The van der Waals surface area contributed by atoms with Crippen molar-refractivity contribution in [1.29, 1.82) is 0 Å². The van der Waals surface area contributed by atoms with Crippen LogP contribution in [0.5, 0.6) is 0 Å². The molecule has 0 aromatic heterocycles. The first-order valence-electron chi connectivity index (χ1n) is 14.0. The predicted octanol–water partition coefficient (Wildman–Crippen LogP) is 5.27. The number of nitrogens with zero attached hydrogens (tertiary/aromatic N) is 2. The number of hydrogen-bond donors (Lipinski definition) is 1. The largest absolute Gasteiger partial charge is 0.355 e. The third-order valence-corrected chi connectivity index (χ3v) is 8.78. The molecule has 1 atom stereocenters. The maximum Gasteiger partial charge on any atom is 0.264 e. The Labute approximate surface area is 248 Å². The number of benzene rings is 4. The van der Waals surface area contributed by atoms with E-state index in [4.69, 9.17) is 0 Å². The van der Waals surface area contributed by atoms with E-state index in [2.05, 4.69) is 5.32 Å². The molecule has 4 aromatic rings. The van der Waals surface area contributed by atoms with E-state index >= 15 is 0 Å². The summed E-state index contributed by atoms with van der Waals surface area (Å²) < 4.78 is 29.1. The van der Waals surface area contributed by atoms with Crippen LogP contribution in [0.25, 0.3) is 0 Å². The highest BCUT2D eigenvalue weighted by molar-refractivity contribution is 7.92. The number of likely N-dealkylation sites (N-methyl/N-ethyl adjacent to an activating group) is 1. The van der Waals surface area contributed by atoms with E-state index in [0.29, 0.717) is 12.2 Å².